The fraction of sp³-hybridized carbons (Fsp3) is 0.852. The predicted octanol–water partition coefficient (Wildman–Crippen LogP) is 8.24. The minimum absolute atomic E-state index is 0.115. The fourth-order valence-electron chi connectivity index (χ4n) is 3.83. The Morgan fingerprint density at radius 3 is 1.68 bits per heavy atom. The molecule has 0 aromatic heterocycles. The minimum Gasteiger partial charge on any atom is -0.481 e. The van der Waals surface area contributed by atoms with Gasteiger partial charge in [-0.25, -0.2) is 0 Å². The Bertz CT molecular complexity index is 445. The molecule has 4 heteroatoms. The maximum absolute atomic E-state index is 12.0. The first-order chi connectivity index (χ1) is 15.1. The van der Waals surface area contributed by atoms with Gasteiger partial charge >= 0.3 is 11.9 Å². The van der Waals surface area contributed by atoms with Gasteiger partial charge in [-0.15, -0.1) is 0 Å². The van der Waals surface area contributed by atoms with Crippen LogP contribution in [0.5, 0.6) is 0 Å². The summed E-state index contributed by atoms with van der Waals surface area (Å²) in [4.78, 5) is 22.9. The lowest BCUT2D eigenvalue weighted by atomic mass is 9.97. The standard InChI is InChI=1S/C27H50O4/c1-3-5-6-7-8-9-10-11-12-13-14-15-16-17-18-19-20-21-22-25(24-26(28)29)27(30)31-23-4-2/h11-12,25H,3-10,13-24H2,1-2H3,(H,28,29)/b12-11+. The molecule has 0 heterocycles. The van der Waals surface area contributed by atoms with E-state index in [1.165, 1.54) is 89.9 Å². The summed E-state index contributed by atoms with van der Waals surface area (Å²) in [6, 6.07) is 0. The minimum atomic E-state index is -0.921. The number of rotatable bonds is 23. The first-order valence-electron chi connectivity index (χ1n) is 13.1. The molecule has 182 valence electrons. The van der Waals surface area contributed by atoms with Crippen molar-refractivity contribution in [2.75, 3.05) is 6.61 Å². The molecule has 0 rings (SSSR count). The van der Waals surface area contributed by atoms with Crippen molar-refractivity contribution in [3.8, 4) is 0 Å². The van der Waals surface area contributed by atoms with Crippen molar-refractivity contribution in [1.29, 1.82) is 0 Å². The van der Waals surface area contributed by atoms with Crippen LogP contribution in [0.15, 0.2) is 12.2 Å². The van der Waals surface area contributed by atoms with Crippen molar-refractivity contribution >= 4 is 11.9 Å². The van der Waals surface area contributed by atoms with Crippen molar-refractivity contribution in [1.82, 2.24) is 0 Å². The highest BCUT2D eigenvalue weighted by Crippen LogP contribution is 2.18. The van der Waals surface area contributed by atoms with E-state index >= 15 is 0 Å². The second-order valence-corrected chi connectivity index (χ2v) is 8.90. The zero-order chi connectivity index (χ0) is 23.0. The molecule has 0 radical (unpaired) electrons. The molecule has 0 amide bonds. The van der Waals surface area contributed by atoms with E-state index in [2.05, 4.69) is 19.1 Å². The van der Waals surface area contributed by atoms with Gasteiger partial charge < -0.3 is 9.84 Å². The van der Waals surface area contributed by atoms with E-state index in [-0.39, 0.29) is 12.4 Å². The molecule has 0 saturated carbocycles. The molecule has 0 aliphatic rings. The number of carboxylic acid groups (broad SMARTS) is 1. The molecule has 4 nitrogen and oxygen atoms in total. The third kappa shape index (κ3) is 21.7. The molecule has 0 aliphatic heterocycles. The molecule has 0 bridgehead atoms. The van der Waals surface area contributed by atoms with Gasteiger partial charge in [0.1, 0.15) is 0 Å². The number of esters is 1. The van der Waals surface area contributed by atoms with Crippen molar-refractivity contribution in [3.05, 3.63) is 12.2 Å². The van der Waals surface area contributed by atoms with Crippen molar-refractivity contribution in [3.63, 3.8) is 0 Å². The van der Waals surface area contributed by atoms with Crippen LogP contribution in [-0.4, -0.2) is 23.7 Å². The molecule has 0 aromatic carbocycles. The van der Waals surface area contributed by atoms with Crippen LogP contribution in [0.1, 0.15) is 136 Å². The maximum Gasteiger partial charge on any atom is 0.309 e. The van der Waals surface area contributed by atoms with Crippen LogP contribution in [0.3, 0.4) is 0 Å². The number of carbonyl (C=O) groups excluding carboxylic acids is 1. The van der Waals surface area contributed by atoms with E-state index in [4.69, 9.17) is 9.84 Å². The van der Waals surface area contributed by atoms with Crippen LogP contribution in [-0.2, 0) is 14.3 Å². The van der Waals surface area contributed by atoms with Gasteiger partial charge in [-0.2, -0.15) is 0 Å². The Morgan fingerprint density at radius 2 is 1.19 bits per heavy atom. The number of carboxylic acids is 1. The number of ether oxygens (including phenoxy) is 1. The van der Waals surface area contributed by atoms with Gasteiger partial charge in [-0.05, 0) is 38.5 Å². The molecule has 0 aliphatic carbocycles. The second kappa shape index (κ2) is 23.3. The first kappa shape index (κ1) is 29.7. The van der Waals surface area contributed by atoms with Gasteiger partial charge in [0, 0.05) is 0 Å². The van der Waals surface area contributed by atoms with Gasteiger partial charge in [0.2, 0.25) is 0 Å². The average molecular weight is 439 g/mol. The lowest BCUT2D eigenvalue weighted by Crippen LogP contribution is -2.21. The molecule has 0 aromatic rings. The summed E-state index contributed by atoms with van der Waals surface area (Å²) < 4.78 is 5.13. The number of aliphatic carboxylic acids is 1. The van der Waals surface area contributed by atoms with Gasteiger partial charge in [0.05, 0.1) is 18.9 Å². The van der Waals surface area contributed by atoms with Crippen LogP contribution >= 0.6 is 0 Å². The lowest BCUT2D eigenvalue weighted by Gasteiger charge is -2.13. The molecule has 0 fully saturated rings. The van der Waals surface area contributed by atoms with E-state index in [1.54, 1.807) is 0 Å². The van der Waals surface area contributed by atoms with Crippen molar-refractivity contribution in [2.24, 2.45) is 5.92 Å². The summed E-state index contributed by atoms with van der Waals surface area (Å²) in [6.07, 6.45) is 26.3. The molecule has 1 N–H and O–H groups in total. The summed E-state index contributed by atoms with van der Waals surface area (Å²) in [5, 5.41) is 9.00. The zero-order valence-electron chi connectivity index (χ0n) is 20.5. The Balaban J connectivity index is 3.50. The average Bonchev–Trinajstić information content (AvgIpc) is 2.75. The van der Waals surface area contributed by atoms with Crippen LogP contribution in [0.25, 0.3) is 0 Å². The zero-order valence-corrected chi connectivity index (χ0v) is 20.5. The lowest BCUT2D eigenvalue weighted by molar-refractivity contribution is -0.153. The summed E-state index contributed by atoms with van der Waals surface area (Å²) in [5.41, 5.74) is 0. The highest BCUT2D eigenvalue weighted by molar-refractivity contribution is 5.79. The Kier molecular flexibility index (Phi) is 22.4. The van der Waals surface area contributed by atoms with E-state index in [0.717, 1.165) is 19.3 Å². The number of carbonyl (C=O) groups is 2. The molecule has 1 atom stereocenters. The molecule has 31 heavy (non-hydrogen) atoms. The molecular formula is C27H50O4. The third-order valence-corrected chi connectivity index (χ3v) is 5.77. The Morgan fingerprint density at radius 1 is 0.710 bits per heavy atom. The van der Waals surface area contributed by atoms with Gasteiger partial charge in [-0.3, -0.25) is 9.59 Å². The highest BCUT2D eigenvalue weighted by Gasteiger charge is 2.22. The van der Waals surface area contributed by atoms with Crippen LogP contribution < -0.4 is 0 Å². The van der Waals surface area contributed by atoms with Crippen LogP contribution in [0.4, 0.5) is 0 Å². The first-order valence-corrected chi connectivity index (χ1v) is 13.1. The van der Waals surface area contributed by atoms with Gasteiger partial charge in [0.25, 0.3) is 0 Å². The monoisotopic (exact) mass is 438 g/mol. The highest BCUT2D eigenvalue weighted by atomic mass is 16.5. The molecular weight excluding hydrogens is 388 g/mol. The molecule has 1 unspecified atom stereocenters. The SMILES string of the molecule is CCCCCCCC/C=C/CCCCCCCCCCC(CC(=O)O)C(=O)OCCC. The Hall–Kier alpha value is -1.32. The quantitative estimate of drug-likeness (QED) is 0.0991. The molecule has 0 saturated heterocycles. The van der Waals surface area contributed by atoms with E-state index in [1.807, 2.05) is 6.92 Å². The van der Waals surface area contributed by atoms with E-state index < -0.39 is 11.9 Å². The maximum atomic E-state index is 12.0. The van der Waals surface area contributed by atoms with Crippen molar-refractivity contribution in [2.45, 2.75) is 136 Å². The van der Waals surface area contributed by atoms with Crippen LogP contribution in [0.2, 0.25) is 0 Å². The topological polar surface area (TPSA) is 63.6 Å². The van der Waals surface area contributed by atoms with Gasteiger partial charge in [0.15, 0.2) is 0 Å². The van der Waals surface area contributed by atoms with Crippen LogP contribution in [0, 0.1) is 5.92 Å². The second-order valence-electron chi connectivity index (χ2n) is 8.90. The molecule has 0 spiro atoms. The van der Waals surface area contributed by atoms with Gasteiger partial charge in [-0.1, -0.05) is 103 Å². The summed E-state index contributed by atoms with van der Waals surface area (Å²) in [6.45, 7) is 4.58. The third-order valence-electron chi connectivity index (χ3n) is 5.77. The normalized spacial score (nSPS) is 12.3. The largest absolute Gasteiger partial charge is 0.481 e. The van der Waals surface area contributed by atoms with E-state index in [9.17, 15) is 9.59 Å². The number of hydrogen-bond acceptors (Lipinski definition) is 3. The Labute approximate surface area is 192 Å². The van der Waals surface area contributed by atoms with E-state index in [0.29, 0.717) is 13.0 Å². The summed E-state index contributed by atoms with van der Waals surface area (Å²) >= 11 is 0. The smallest absolute Gasteiger partial charge is 0.309 e. The number of allylic oxidation sites excluding steroid dienone is 2. The number of hydrogen-bond donors (Lipinski definition) is 1. The summed E-state index contributed by atoms with van der Waals surface area (Å²) in [5.74, 6) is -1.75. The van der Waals surface area contributed by atoms with Crippen molar-refractivity contribution < 1.29 is 19.4 Å². The number of unbranched alkanes of at least 4 members (excludes halogenated alkanes) is 14. The summed E-state index contributed by atoms with van der Waals surface area (Å²) in [7, 11) is 0. The fourth-order valence-corrected chi connectivity index (χ4v) is 3.83. The predicted molar refractivity (Wildman–Crippen MR) is 130 cm³/mol.